The first-order valence-electron chi connectivity index (χ1n) is 8.32. The molecule has 1 aliphatic rings. The van der Waals surface area contributed by atoms with Crippen molar-refractivity contribution in [2.45, 2.75) is 37.9 Å². The maximum absolute atomic E-state index is 12.7. The van der Waals surface area contributed by atoms with Gasteiger partial charge >= 0.3 is 0 Å². The number of aromatic nitrogens is 2. The van der Waals surface area contributed by atoms with Crippen LogP contribution in [0.15, 0.2) is 34.2 Å². The summed E-state index contributed by atoms with van der Waals surface area (Å²) in [5, 5.41) is 3.41. The number of nitrogens with zero attached hydrogens (tertiary/aromatic N) is 2. The van der Waals surface area contributed by atoms with Crippen molar-refractivity contribution in [2.75, 3.05) is 18.2 Å². The monoisotopic (exact) mass is 359 g/mol. The van der Waals surface area contributed by atoms with Crippen LogP contribution in [-0.4, -0.2) is 28.3 Å². The largest absolute Gasteiger partial charge is 0.492 e. The van der Waals surface area contributed by atoms with Crippen molar-refractivity contribution in [2.24, 2.45) is 0 Å². The number of carbonyl (C=O) groups excluding carboxylic acids is 1. The Balaban J connectivity index is 1.84. The topological polar surface area (TPSA) is 73.2 Å². The average molecular weight is 359 g/mol. The molecule has 0 saturated carbocycles. The lowest BCUT2D eigenvalue weighted by Gasteiger charge is -2.14. The second-order valence-electron chi connectivity index (χ2n) is 5.75. The van der Waals surface area contributed by atoms with E-state index < -0.39 is 0 Å². The summed E-state index contributed by atoms with van der Waals surface area (Å²) in [6, 6.07) is 7.26. The molecular formula is C18H21N3O3S. The van der Waals surface area contributed by atoms with Gasteiger partial charge in [-0.2, -0.15) is 0 Å². The SMILES string of the molecule is CCOc1ccccc1NC(=O)Cn1c(SC)nc2c(c1=O)CCC2. The Bertz CT molecular complexity index is 848. The van der Waals surface area contributed by atoms with Crippen LogP contribution in [0.5, 0.6) is 5.75 Å². The molecule has 3 rings (SSSR count). The summed E-state index contributed by atoms with van der Waals surface area (Å²) in [4.78, 5) is 29.8. The lowest BCUT2D eigenvalue weighted by molar-refractivity contribution is -0.116. The first kappa shape index (κ1) is 17.5. The predicted octanol–water partition coefficient (Wildman–Crippen LogP) is 2.49. The molecule has 0 aliphatic heterocycles. The van der Waals surface area contributed by atoms with Gasteiger partial charge in [0.25, 0.3) is 5.56 Å². The van der Waals surface area contributed by atoms with Gasteiger partial charge in [0.1, 0.15) is 12.3 Å². The van der Waals surface area contributed by atoms with Crippen molar-refractivity contribution >= 4 is 23.4 Å². The van der Waals surface area contributed by atoms with Crippen molar-refractivity contribution in [1.29, 1.82) is 0 Å². The van der Waals surface area contributed by atoms with Crippen molar-refractivity contribution in [3.63, 3.8) is 0 Å². The molecule has 7 heteroatoms. The number of amides is 1. The predicted molar refractivity (Wildman–Crippen MR) is 98.5 cm³/mol. The zero-order chi connectivity index (χ0) is 17.8. The molecule has 1 aromatic carbocycles. The molecule has 0 radical (unpaired) electrons. The maximum Gasteiger partial charge on any atom is 0.258 e. The quantitative estimate of drug-likeness (QED) is 0.634. The van der Waals surface area contributed by atoms with E-state index in [0.29, 0.717) is 23.2 Å². The normalized spacial score (nSPS) is 12.7. The molecule has 0 fully saturated rings. The van der Waals surface area contributed by atoms with Gasteiger partial charge in [0.05, 0.1) is 18.0 Å². The van der Waals surface area contributed by atoms with Crippen LogP contribution in [0, 0.1) is 0 Å². The van der Waals surface area contributed by atoms with Gasteiger partial charge in [0, 0.05) is 5.56 Å². The number of benzene rings is 1. The van der Waals surface area contributed by atoms with E-state index in [4.69, 9.17) is 4.74 Å². The minimum atomic E-state index is -0.274. The number of nitrogens with one attached hydrogen (secondary N) is 1. The fourth-order valence-electron chi connectivity index (χ4n) is 2.99. The number of para-hydroxylation sites is 2. The second kappa shape index (κ2) is 7.74. The Hall–Kier alpha value is -2.28. The number of rotatable bonds is 6. The number of thioether (sulfide) groups is 1. The van der Waals surface area contributed by atoms with Gasteiger partial charge in [0.2, 0.25) is 5.91 Å². The molecule has 1 heterocycles. The Morgan fingerprint density at radius 1 is 1.36 bits per heavy atom. The van der Waals surface area contributed by atoms with Gasteiger partial charge in [0.15, 0.2) is 5.16 Å². The molecule has 0 atom stereocenters. The minimum Gasteiger partial charge on any atom is -0.492 e. The number of aryl methyl sites for hydroxylation is 1. The van der Waals surface area contributed by atoms with E-state index in [1.54, 1.807) is 12.1 Å². The molecule has 1 aliphatic carbocycles. The van der Waals surface area contributed by atoms with Crippen molar-refractivity contribution in [1.82, 2.24) is 9.55 Å². The van der Waals surface area contributed by atoms with E-state index in [1.165, 1.54) is 16.3 Å². The van der Waals surface area contributed by atoms with E-state index in [9.17, 15) is 9.59 Å². The number of fused-ring (bicyclic) bond motifs is 1. The lowest BCUT2D eigenvalue weighted by Crippen LogP contribution is -2.32. The van der Waals surface area contributed by atoms with Gasteiger partial charge in [-0.15, -0.1) is 0 Å². The van der Waals surface area contributed by atoms with Gasteiger partial charge in [-0.3, -0.25) is 14.2 Å². The average Bonchev–Trinajstić information content (AvgIpc) is 3.08. The van der Waals surface area contributed by atoms with E-state index in [-0.39, 0.29) is 18.0 Å². The standard InChI is InChI=1S/C18H21N3O3S/c1-3-24-15-10-5-4-8-14(15)19-16(22)11-21-17(23)12-7-6-9-13(12)20-18(21)25-2/h4-5,8,10H,3,6-7,9,11H2,1-2H3,(H,19,22). The summed E-state index contributed by atoms with van der Waals surface area (Å²) in [5.41, 5.74) is 2.13. The first-order valence-corrected chi connectivity index (χ1v) is 9.54. The molecule has 2 aromatic rings. The third-order valence-electron chi connectivity index (χ3n) is 4.10. The number of ether oxygens (including phenoxy) is 1. The zero-order valence-electron chi connectivity index (χ0n) is 14.4. The van der Waals surface area contributed by atoms with E-state index in [2.05, 4.69) is 10.3 Å². The van der Waals surface area contributed by atoms with Crippen LogP contribution in [0.1, 0.15) is 24.6 Å². The summed E-state index contributed by atoms with van der Waals surface area (Å²) in [6.45, 7) is 2.34. The number of hydrogen-bond acceptors (Lipinski definition) is 5. The van der Waals surface area contributed by atoms with Gasteiger partial charge in [-0.25, -0.2) is 4.98 Å². The van der Waals surface area contributed by atoms with Gasteiger partial charge in [-0.05, 0) is 44.6 Å². The van der Waals surface area contributed by atoms with Gasteiger partial charge in [-0.1, -0.05) is 23.9 Å². The van der Waals surface area contributed by atoms with Crippen molar-refractivity contribution in [3.05, 3.63) is 45.9 Å². The highest BCUT2D eigenvalue weighted by Crippen LogP contribution is 2.24. The Morgan fingerprint density at radius 2 is 2.16 bits per heavy atom. The highest BCUT2D eigenvalue weighted by molar-refractivity contribution is 7.98. The third kappa shape index (κ3) is 3.71. The summed E-state index contributed by atoms with van der Waals surface area (Å²) < 4.78 is 6.98. The fourth-order valence-corrected chi connectivity index (χ4v) is 3.56. The molecule has 132 valence electrons. The number of carbonyl (C=O) groups is 1. The second-order valence-corrected chi connectivity index (χ2v) is 6.52. The Labute approximate surface area is 150 Å². The number of hydrogen-bond donors (Lipinski definition) is 1. The highest BCUT2D eigenvalue weighted by Gasteiger charge is 2.21. The van der Waals surface area contributed by atoms with Crippen LogP contribution < -0.4 is 15.6 Å². The minimum absolute atomic E-state index is 0.0598. The maximum atomic E-state index is 12.7. The van der Waals surface area contributed by atoms with Crippen LogP contribution in [0.3, 0.4) is 0 Å². The Kier molecular flexibility index (Phi) is 5.43. The molecular weight excluding hydrogens is 338 g/mol. The van der Waals surface area contributed by atoms with E-state index in [0.717, 1.165) is 30.5 Å². The lowest BCUT2D eigenvalue weighted by atomic mass is 10.2. The summed E-state index contributed by atoms with van der Waals surface area (Å²) in [5.74, 6) is 0.340. The Morgan fingerprint density at radius 3 is 2.92 bits per heavy atom. The number of anilines is 1. The van der Waals surface area contributed by atoms with Crippen LogP contribution >= 0.6 is 11.8 Å². The summed E-state index contributed by atoms with van der Waals surface area (Å²) in [6.07, 6.45) is 4.39. The highest BCUT2D eigenvalue weighted by atomic mass is 32.2. The third-order valence-corrected chi connectivity index (χ3v) is 4.78. The molecule has 6 nitrogen and oxygen atoms in total. The van der Waals surface area contributed by atoms with Crippen LogP contribution in [0.25, 0.3) is 0 Å². The van der Waals surface area contributed by atoms with Crippen LogP contribution in [0.4, 0.5) is 5.69 Å². The molecule has 1 amide bonds. The van der Waals surface area contributed by atoms with E-state index >= 15 is 0 Å². The smallest absolute Gasteiger partial charge is 0.258 e. The fraction of sp³-hybridized carbons (Fsp3) is 0.389. The summed E-state index contributed by atoms with van der Waals surface area (Å²) >= 11 is 1.38. The molecule has 0 spiro atoms. The zero-order valence-corrected chi connectivity index (χ0v) is 15.2. The molecule has 25 heavy (non-hydrogen) atoms. The van der Waals surface area contributed by atoms with Crippen molar-refractivity contribution < 1.29 is 9.53 Å². The molecule has 0 bridgehead atoms. The summed E-state index contributed by atoms with van der Waals surface area (Å²) in [7, 11) is 0. The molecule has 1 aromatic heterocycles. The molecule has 0 unspecified atom stereocenters. The molecule has 1 N–H and O–H groups in total. The first-order chi connectivity index (χ1) is 12.1. The van der Waals surface area contributed by atoms with Gasteiger partial charge < -0.3 is 10.1 Å². The van der Waals surface area contributed by atoms with Crippen LogP contribution in [0.2, 0.25) is 0 Å². The van der Waals surface area contributed by atoms with E-state index in [1.807, 2.05) is 25.3 Å². The van der Waals surface area contributed by atoms with Crippen LogP contribution in [-0.2, 0) is 24.2 Å². The molecule has 0 saturated heterocycles. The van der Waals surface area contributed by atoms with Crippen molar-refractivity contribution in [3.8, 4) is 5.75 Å².